The highest BCUT2D eigenvalue weighted by atomic mass is 15.2. The summed E-state index contributed by atoms with van der Waals surface area (Å²) in [6, 6.07) is 7.71. The molecule has 1 aliphatic heterocycles. The molecule has 0 aromatic carbocycles. The smallest absolute Gasteiger partial charge is 0.138 e. The number of hydrogen-bond acceptors (Lipinski definition) is 3. The van der Waals surface area contributed by atoms with Gasteiger partial charge >= 0.3 is 0 Å². The van der Waals surface area contributed by atoms with Gasteiger partial charge in [0, 0.05) is 37.6 Å². The number of nitrogens with zero attached hydrogens (tertiary/aromatic N) is 3. The first-order valence-corrected chi connectivity index (χ1v) is 6.83. The van der Waals surface area contributed by atoms with Crippen molar-refractivity contribution in [3.63, 3.8) is 0 Å². The molecule has 1 saturated heterocycles. The summed E-state index contributed by atoms with van der Waals surface area (Å²) in [5.74, 6) is 1.16. The Hall–Kier alpha value is -1.55. The molecule has 1 saturated carbocycles. The van der Waals surface area contributed by atoms with E-state index in [9.17, 15) is 0 Å². The molecule has 4 nitrogen and oxygen atoms in total. The summed E-state index contributed by atoms with van der Waals surface area (Å²) in [5, 5.41) is 3.66. The molecule has 2 aliphatic rings. The van der Waals surface area contributed by atoms with Crippen LogP contribution in [-0.4, -0.2) is 39.5 Å². The van der Waals surface area contributed by atoms with E-state index in [1.807, 2.05) is 18.5 Å². The maximum absolute atomic E-state index is 4.32. The summed E-state index contributed by atoms with van der Waals surface area (Å²) < 4.78 is 2.12. The topological polar surface area (TPSA) is 32.6 Å². The van der Waals surface area contributed by atoms with Gasteiger partial charge in [-0.25, -0.2) is 4.98 Å². The molecule has 2 aromatic rings. The van der Waals surface area contributed by atoms with Crippen molar-refractivity contribution in [3.05, 3.63) is 30.6 Å². The molecule has 94 valence electrons. The summed E-state index contributed by atoms with van der Waals surface area (Å²) in [6.45, 7) is 2.44. The summed E-state index contributed by atoms with van der Waals surface area (Å²) in [6.07, 6.45) is 7.94. The Balaban J connectivity index is 1.52. The highest BCUT2D eigenvalue weighted by Gasteiger charge is 2.34. The predicted molar refractivity (Wildman–Crippen MR) is 71.8 cm³/mol. The molecule has 3 heterocycles. The number of likely N-dealkylation sites (tertiary alicyclic amines) is 1. The monoisotopic (exact) mass is 242 g/mol. The average Bonchev–Trinajstić information content (AvgIpc) is 2.94. The van der Waals surface area contributed by atoms with Crippen LogP contribution in [0, 0.1) is 0 Å². The minimum atomic E-state index is 0.582. The van der Waals surface area contributed by atoms with Crippen molar-refractivity contribution in [1.29, 1.82) is 0 Å². The molecule has 4 heteroatoms. The van der Waals surface area contributed by atoms with Crippen molar-refractivity contribution in [2.24, 2.45) is 0 Å². The van der Waals surface area contributed by atoms with Crippen LogP contribution in [0.15, 0.2) is 30.6 Å². The van der Waals surface area contributed by atoms with E-state index in [-0.39, 0.29) is 0 Å². The van der Waals surface area contributed by atoms with Gasteiger partial charge in [-0.05, 0) is 31.4 Å². The number of pyridine rings is 1. The highest BCUT2D eigenvalue weighted by Crippen LogP contribution is 2.30. The van der Waals surface area contributed by atoms with E-state index in [4.69, 9.17) is 0 Å². The summed E-state index contributed by atoms with van der Waals surface area (Å²) in [5.41, 5.74) is 1.01. The zero-order valence-electron chi connectivity index (χ0n) is 10.4. The lowest BCUT2D eigenvalue weighted by Gasteiger charge is -2.17. The van der Waals surface area contributed by atoms with Gasteiger partial charge in [0.1, 0.15) is 11.5 Å². The normalized spacial score (nSPS) is 24.8. The van der Waals surface area contributed by atoms with Gasteiger partial charge in [-0.3, -0.25) is 9.30 Å². The molecular formula is C14H18N4. The molecule has 1 unspecified atom stereocenters. The second-order valence-corrected chi connectivity index (χ2v) is 5.42. The Kier molecular flexibility index (Phi) is 2.30. The van der Waals surface area contributed by atoms with Gasteiger partial charge < -0.3 is 5.32 Å². The second kappa shape index (κ2) is 3.99. The Labute approximate surface area is 107 Å². The van der Waals surface area contributed by atoms with Crippen LogP contribution >= 0.6 is 0 Å². The van der Waals surface area contributed by atoms with Gasteiger partial charge in [-0.1, -0.05) is 6.07 Å². The third-order valence-electron chi connectivity index (χ3n) is 4.06. The van der Waals surface area contributed by atoms with Gasteiger partial charge in [0.15, 0.2) is 0 Å². The molecule has 1 aliphatic carbocycles. The Morgan fingerprint density at radius 3 is 3.06 bits per heavy atom. The van der Waals surface area contributed by atoms with Gasteiger partial charge in [-0.15, -0.1) is 0 Å². The summed E-state index contributed by atoms with van der Waals surface area (Å²) in [4.78, 5) is 6.95. The SMILES string of the molecule is c1cc(NC2CCN(C3CC3)C2)n2ccnc2c1. The van der Waals surface area contributed by atoms with E-state index in [1.165, 1.54) is 32.4 Å². The fourth-order valence-electron chi connectivity index (χ4n) is 2.95. The number of rotatable bonds is 3. The zero-order chi connectivity index (χ0) is 11.9. The first-order valence-electron chi connectivity index (χ1n) is 6.83. The maximum Gasteiger partial charge on any atom is 0.138 e. The van der Waals surface area contributed by atoms with Crippen LogP contribution in [0.3, 0.4) is 0 Å². The lowest BCUT2D eigenvalue weighted by molar-refractivity contribution is 0.326. The van der Waals surface area contributed by atoms with Crippen LogP contribution in [0.2, 0.25) is 0 Å². The predicted octanol–water partition coefficient (Wildman–Crippen LogP) is 1.98. The van der Waals surface area contributed by atoms with Crippen LogP contribution in [-0.2, 0) is 0 Å². The van der Waals surface area contributed by atoms with Crippen molar-refractivity contribution < 1.29 is 0 Å². The number of anilines is 1. The largest absolute Gasteiger partial charge is 0.367 e. The lowest BCUT2D eigenvalue weighted by atomic mass is 10.2. The Morgan fingerprint density at radius 2 is 2.17 bits per heavy atom. The minimum Gasteiger partial charge on any atom is -0.367 e. The number of imidazole rings is 1. The fraction of sp³-hybridized carbons (Fsp3) is 0.500. The summed E-state index contributed by atoms with van der Waals surface area (Å²) >= 11 is 0. The van der Waals surface area contributed by atoms with Crippen LogP contribution < -0.4 is 5.32 Å². The molecule has 18 heavy (non-hydrogen) atoms. The van der Waals surface area contributed by atoms with Crippen molar-refractivity contribution in [3.8, 4) is 0 Å². The highest BCUT2D eigenvalue weighted by molar-refractivity contribution is 5.50. The molecule has 0 radical (unpaired) electrons. The van der Waals surface area contributed by atoms with E-state index >= 15 is 0 Å². The Morgan fingerprint density at radius 1 is 1.22 bits per heavy atom. The zero-order valence-corrected chi connectivity index (χ0v) is 10.4. The number of nitrogens with one attached hydrogen (secondary N) is 1. The van der Waals surface area contributed by atoms with Crippen molar-refractivity contribution in [2.45, 2.75) is 31.3 Å². The van der Waals surface area contributed by atoms with E-state index in [1.54, 1.807) is 0 Å². The third-order valence-corrected chi connectivity index (χ3v) is 4.06. The molecule has 0 amide bonds. The van der Waals surface area contributed by atoms with Gasteiger partial charge in [0.25, 0.3) is 0 Å². The first-order chi connectivity index (χ1) is 8.90. The molecule has 0 spiro atoms. The van der Waals surface area contributed by atoms with Crippen molar-refractivity contribution >= 4 is 11.5 Å². The maximum atomic E-state index is 4.32. The molecule has 1 atom stereocenters. The Bertz CT molecular complexity index is 558. The van der Waals surface area contributed by atoms with Crippen LogP contribution in [0.25, 0.3) is 5.65 Å². The van der Waals surface area contributed by atoms with E-state index in [2.05, 4.69) is 31.7 Å². The lowest BCUT2D eigenvalue weighted by Crippen LogP contribution is -2.28. The molecular weight excluding hydrogens is 224 g/mol. The molecule has 2 aromatic heterocycles. The minimum absolute atomic E-state index is 0.582. The van der Waals surface area contributed by atoms with Gasteiger partial charge in [0.2, 0.25) is 0 Å². The summed E-state index contributed by atoms with van der Waals surface area (Å²) in [7, 11) is 0. The van der Waals surface area contributed by atoms with Crippen molar-refractivity contribution in [2.75, 3.05) is 18.4 Å². The molecule has 1 N–H and O–H groups in total. The molecule has 0 bridgehead atoms. The second-order valence-electron chi connectivity index (χ2n) is 5.42. The average molecular weight is 242 g/mol. The number of fused-ring (bicyclic) bond motifs is 1. The fourth-order valence-corrected chi connectivity index (χ4v) is 2.95. The molecule has 4 rings (SSSR count). The quantitative estimate of drug-likeness (QED) is 0.893. The van der Waals surface area contributed by atoms with Crippen molar-refractivity contribution in [1.82, 2.24) is 14.3 Å². The van der Waals surface area contributed by atoms with E-state index < -0.39 is 0 Å². The van der Waals surface area contributed by atoms with Crippen LogP contribution in [0.1, 0.15) is 19.3 Å². The molecule has 2 fully saturated rings. The number of hydrogen-bond donors (Lipinski definition) is 1. The van der Waals surface area contributed by atoms with Gasteiger partial charge in [-0.2, -0.15) is 0 Å². The van der Waals surface area contributed by atoms with E-state index in [0.717, 1.165) is 17.5 Å². The third kappa shape index (κ3) is 1.77. The van der Waals surface area contributed by atoms with Crippen LogP contribution in [0.5, 0.6) is 0 Å². The standard InChI is InChI=1S/C14H18N4/c1-2-13-15-7-9-18(13)14(3-1)16-11-6-8-17(10-11)12-4-5-12/h1-3,7,9,11-12,16H,4-6,8,10H2. The van der Waals surface area contributed by atoms with Crippen LogP contribution in [0.4, 0.5) is 5.82 Å². The number of aromatic nitrogens is 2. The van der Waals surface area contributed by atoms with Gasteiger partial charge in [0.05, 0.1) is 0 Å². The first kappa shape index (κ1) is 10.4. The van der Waals surface area contributed by atoms with E-state index in [0.29, 0.717) is 6.04 Å².